The fraction of sp³-hybridized carbons (Fsp3) is 0.286. The monoisotopic (exact) mass is 390 g/mol. The van der Waals surface area contributed by atoms with E-state index in [0.29, 0.717) is 17.7 Å². The highest BCUT2D eigenvalue weighted by Gasteiger charge is 2.16. The SMILES string of the molecule is CCCCCn1c(O)c(N=NC(=O)Cn2nnc3ccccc32)c2ccccc21. The van der Waals surface area contributed by atoms with Gasteiger partial charge < -0.3 is 9.67 Å². The molecule has 2 aromatic carbocycles. The van der Waals surface area contributed by atoms with Crippen LogP contribution in [0.4, 0.5) is 5.69 Å². The molecule has 0 unspecified atom stereocenters. The Balaban J connectivity index is 1.59. The number of fused-ring (bicyclic) bond motifs is 2. The maximum atomic E-state index is 12.4. The summed E-state index contributed by atoms with van der Waals surface area (Å²) in [7, 11) is 0. The Hall–Kier alpha value is -3.55. The van der Waals surface area contributed by atoms with Crippen LogP contribution < -0.4 is 0 Å². The third kappa shape index (κ3) is 3.73. The number of amides is 1. The molecular weight excluding hydrogens is 368 g/mol. The summed E-state index contributed by atoms with van der Waals surface area (Å²) in [6, 6.07) is 15.0. The molecule has 1 amide bonds. The van der Waals surface area contributed by atoms with Crippen molar-refractivity contribution in [3.05, 3.63) is 48.5 Å². The molecule has 0 aliphatic carbocycles. The number of benzene rings is 2. The van der Waals surface area contributed by atoms with Gasteiger partial charge in [0.25, 0.3) is 5.91 Å². The second-order valence-electron chi connectivity index (χ2n) is 6.88. The Bertz CT molecular complexity index is 1190. The fourth-order valence-corrected chi connectivity index (χ4v) is 3.42. The Morgan fingerprint density at radius 2 is 1.83 bits per heavy atom. The molecule has 4 rings (SSSR count). The topological polar surface area (TPSA) is 97.7 Å². The molecule has 4 aromatic rings. The van der Waals surface area contributed by atoms with Crippen molar-refractivity contribution in [2.75, 3.05) is 0 Å². The number of nitrogens with zero attached hydrogens (tertiary/aromatic N) is 6. The first-order chi connectivity index (χ1) is 14.2. The summed E-state index contributed by atoms with van der Waals surface area (Å²) < 4.78 is 3.32. The predicted octanol–water partition coefficient (Wildman–Crippen LogP) is 4.59. The van der Waals surface area contributed by atoms with Gasteiger partial charge in [-0.3, -0.25) is 4.79 Å². The second-order valence-corrected chi connectivity index (χ2v) is 6.88. The van der Waals surface area contributed by atoms with E-state index in [2.05, 4.69) is 27.5 Å². The summed E-state index contributed by atoms with van der Waals surface area (Å²) in [6.45, 7) is 2.76. The lowest BCUT2D eigenvalue weighted by Gasteiger charge is -2.05. The second kappa shape index (κ2) is 8.22. The van der Waals surface area contributed by atoms with Gasteiger partial charge in [0.1, 0.15) is 12.1 Å². The highest BCUT2D eigenvalue weighted by Crippen LogP contribution is 2.39. The normalized spacial score (nSPS) is 11.8. The molecule has 1 N–H and O–H groups in total. The highest BCUT2D eigenvalue weighted by molar-refractivity contribution is 5.95. The molecule has 8 nitrogen and oxygen atoms in total. The summed E-state index contributed by atoms with van der Waals surface area (Å²) in [4.78, 5) is 12.4. The average Bonchev–Trinajstić information content (AvgIpc) is 3.26. The molecule has 0 saturated heterocycles. The van der Waals surface area contributed by atoms with Crippen LogP contribution in [0.3, 0.4) is 0 Å². The van der Waals surface area contributed by atoms with E-state index in [0.717, 1.165) is 35.7 Å². The number of hydrogen-bond donors (Lipinski definition) is 1. The van der Waals surface area contributed by atoms with Crippen molar-refractivity contribution in [2.45, 2.75) is 39.3 Å². The lowest BCUT2D eigenvalue weighted by Crippen LogP contribution is -2.08. The van der Waals surface area contributed by atoms with Crippen LogP contribution in [0.15, 0.2) is 58.8 Å². The number of rotatable bonds is 7. The molecule has 8 heteroatoms. The molecule has 0 atom stereocenters. The van der Waals surface area contributed by atoms with Gasteiger partial charge >= 0.3 is 0 Å². The number of carbonyl (C=O) groups is 1. The molecule has 29 heavy (non-hydrogen) atoms. The first kappa shape index (κ1) is 18.8. The average molecular weight is 390 g/mol. The number of aromatic hydroxyl groups is 1. The minimum Gasteiger partial charge on any atom is -0.493 e. The number of aryl methyl sites for hydroxylation is 1. The molecule has 0 spiro atoms. The smallest absolute Gasteiger partial charge is 0.286 e. The van der Waals surface area contributed by atoms with E-state index in [4.69, 9.17) is 0 Å². The molecule has 0 aliphatic rings. The van der Waals surface area contributed by atoms with E-state index in [9.17, 15) is 9.90 Å². The molecule has 0 radical (unpaired) electrons. The zero-order chi connectivity index (χ0) is 20.2. The number of azo groups is 1. The Morgan fingerprint density at radius 1 is 1.07 bits per heavy atom. The number of aromatic nitrogens is 4. The van der Waals surface area contributed by atoms with Crippen LogP contribution in [0.2, 0.25) is 0 Å². The quantitative estimate of drug-likeness (QED) is 0.368. The summed E-state index contributed by atoms with van der Waals surface area (Å²) in [5, 5.41) is 27.4. The zero-order valence-electron chi connectivity index (χ0n) is 16.2. The number of para-hydroxylation sites is 2. The summed E-state index contributed by atoms with van der Waals surface area (Å²) in [5.74, 6) is -0.437. The maximum absolute atomic E-state index is 12.4. The number of carbonyl (C=O) groups excluding carboxylic acids is 1. The van der Waals surface area contributed by atoms with Crippen molar-refractivity contribution in [2.24, 2.45) is 10.2 Å². The van der Waals surface area contributed by atoms with Gasteiger partial charge in [-0.25, -0.2) is 4.68 Å². The summed E-state index contributed by atoms with van der Waals surface area (Å²) in [6.07, 6.45) is 3.13. The van der Waals surface area contributed by atoms with Crippen LogP contribution in [0.1, 0.15) is 26.2 Å². The van der Waals surface area contributed by atoms with Crippen LogP contribution in [0.5, 0.6) is 5.88 Å². The van der Waals surface area contributed by atoms with E-state index in [-0.39, 0.29) is 12.4 Å². The van der Waals surface area contributed by atoms with Crippen molar-refractivity contribution in [1.82, 2.24) is 19.6 Å². The lowest BCUT2D eigenvalue weighted by atomic mass is 10.2. The molecule has 0 saturated carbocycles. The number of hydrogen-bond acceptors (Lipinski definition) is 5. The van der Waals surface area contributed by atoms with Crippen molar-refractivity contribution in [1.29, 1.82) is 0 Å². The van der Waals surface area contributed by atoms with E-state index in [1.807, 2.05) is 53.1 Å². The molecule has 0 bridgehead atoms. The lowest BCUT2D eigenvalue weighted by molar-refractivity contribution is -0.119. The van der Waals surface area contributed by atoms with Crippen LogP contribution in [0.25, 0.3) is 21.9 Å². The maximum Gasteiger partial charge on any atom is 0.286 e. The van der Waals surface area contributed by atoms with Gasteiger partial charge in [-0.05, 0) is 24.6 Å². The zero-order valence-corrected chi connectivity index (χ0v) is 16.2. The van der Waals surface area contributed by atoms with Crippen molar-refractivity contribution in [3.63, 3.8) is 0 Å². The number of unbranched alkanes of at least 4 members (excludes halogenated alkanes) is 2. The Kier molecular flexibility index (Phi) is 5.33. The predicted molar refractivity (Wildman–Crippen MR) is 110 cm³/mol. The molecule has 0 aliphatic heterocycles. The van der Waals surface area contributed by atoms with E-state index in [1.54, 1.807) is 0 Å². The van der Waals surface area contributed by atoms with Gasteiger partial charge in [0.05, 0.1) is 11.0 Å². The molecule has 2 aromatic heterocycles. The van der Waals surface area contributed by atoms with Crippen molar-refractivity contribution >= 4 is 33.5 Å². The van der Waals surface area contributed by atoms with Gasteiger partial charge in [0.2, 0.25) is 5.88 Å². The van der Waals surface area contributed by atoms with Crippen LogP contribution in [-0.2, 0) is 17.9 Å². The molecular formula is C21H22N6O2. The first-order valence-corrected chi connectivity index (χ1v) is 9.72. The third-order valence-corrected chi connectivity index (χ3v) is 4.87. The largest absolute Gasteiger partial charge is 0.493 e. The van der Waals surface area contributed by atoms with Gasteiger partial charge in [0.15, 0.2) is 5.69 Å². The fourth-order valence-electron chi connectivity index (χ4n) is 3.42. The van der Waals surface area contributed by atoms with Crippen molar-refractivity contribution in [3.8, 4) is 5.88 Å². The van der Waals surface area contributed by atoms with Gasteiger partial charge in [0, 0.05) is 11.9 Å². The van der Waals surface area contributed by atoms with Gasteiger partial charge in [-0.15, -0.1) is 15.3 Å². The van der Waals surface area contributed by atoms with Gasteiger partial charge in [-0.1, -0.05) is 55.3 Å². The van der Waals surface area contributed by atoms with Crippen LogP contribution in [-0.4, -0.2) is 30.6 Å². The van der Waals surface area contributed by atoms with Crippen LogP contribution >= 0.6 is 0 Å². The third-order valence-electron chi connectivity index (χ3n) is 4.87. The van der Waals surface area contributed by atoms with Gasteiger partial charge in [-0.2, -0.15) is 0 Å². The minimum absolute atomic E-state index is 0.0325. The Morgan fingerprint density at radius 3 is 2.66 bits per heavy atom. The minimum atomic E-state index is -0.470. The summed E-state index contributed by atoms with van der Waals surface area (Å²) >= 11 is 0. The van der Waals surface area contributed by atoms with E-state index >= 15 is 0 Å². The Labute approximate surface area is 167 Å². The van der Waals surface area contributed by atoms with E-state index < -0.39 is 5.91 Å². The van der Waals surface area contributed by atoms with E-state index in [1.165, 1.54) is 4.68 Å². The van der Waals surface area contributed by atoms with Crippen molar-refractivity contribution < 1.29 is 9.90 Å². The first-order valence-electron chi connectivity index (χ1n) is 9.72. The van der Waals surface area contributed by atoms with Crippen LogP contribution in [0, 0.1) is 0 Å². The molecule has 2 heterocycles. The standard InChI is InChI=1S/C21H22N6O2/c1-2-3-8-13-26-17-11-6-4-9-15(17)20(21(26)29)24-23-19(28)14-27-18-12-7-5-10-16(18)22-25-27/h4-7,9-12,29H,2-3,8,13-14H2,1H3. The molecule has 0 fully saturated rings. The molecule has 148 valence electrons. The summed E-state index contributed by atoms with van der Waals surface area (Å²) in [5.41, 5.74) is 2.66. The highest BCUT2D eigenvalue weighted by atomic mass is 16.3.